The van der Waals surface area contributed by atoms with Crippen molar-refractivity contribution >= 4 is 10.5 Å². The zero-order valence-electron chi connectivity index (χ0n) is 7.19. The van der Waals surface area contributed by atoms with Gasteiger partial charge in [-0.1, -0.05) is 20.8 Å². The third-order valence-corrected chi connectivity index (χ3v) is 3.07. The van der Waals surface area contributed by atoms with Gasteiger partial charge in [0.25, 0.3) is 0 Å². The molecule has 0 heterocycles. The van der Waals surface area contributed by atoms with Crippen LogP contribution in [0.25, 0.3) is 0 Å². The smallest absolute Gasteiger partial charge is 0.146 e. The summed E-state index contributed by atoms with van der Waals surface area (Å²) in [6.45, 7) is 8.85. The molecule has 2 heteroatoms. The lowest BCUT2D eigenvalue weighted by Crippen LogP contribution is -2.27. The third kappa shape index (κ3) is 2.50. The van der Waals surface area contributed by atoms with E-state index < -0.39 is 0 Å². The highest BCUT2D eigenvalue weighted by Gasteiger charge is 2.22. The fourth-order valence-electron chi connectivity index (χ4n) is 0.606. The Morgan fingerprint density at radius 1 is 1.56 bits per heavy atom. The highest BCUT2D eigenvalue weighted by atomic mass is 28.2. The molecule has 0 amide bonds. The van der Waals surface area contributed by atoms with E-state index in [0.29, 0.717) is 11.5 Å². The van der Waals surface area contributed by atoms with Crippen LogP contribution in [0, 0.1) is 5.41 Å². The van der Waals surface area contributed by atoms with Gasteiger partial charge >= 0.3 is 0 Å². The first-order chi connectivity index (χ1) is 4.04. The highest BCUT2D eigenvalue weighted by molar-refractivity contribution is 5.98. The molecule has 0 aliphatic carbocycles. The summed E-state index contributed by atoms with van der Waals surface area (Å²) < 4.78 is 5.34. The Hall–Kier alpha value is 0.177. The van der Waals surface area contributed by atoms with Crippen molar-refractivity contribution in [3.8, 4) is 0 Å². The molecule has 0 aliphatic heterocycles. The maximum atomic E-state index is 5.34. The van der Waals surface area contributed by atoms with Gasteiger partial charge in [-0.05, 0) is 18.8 Å². The maximum Gasteiger partial charge on any atom is 0.146 e. The van der Waals surface area contributed by atoms with E-state index in [1.54, 1.807) is 0 Å². The molecule has 1 nitrogen and oxygen atoms in total. The Balaban J connectivity index is 3.80. The molecular formula is C7H18OSi. The standard InChI is InChI=1S/C7H18OSi/c1-5-7(3,4)6(2)8-9/h6H,5H2,1-4,9H3. The lowest BCUT2D eigenvalue weighted by molar-refractivity contribution is 0.0953. The minimum absolute atomic E-state index is 0.363. The minimum Gasteiger partial charge on any atom is -0.425 e. The molecule has 0 aromatic carbocycles. The zero-order chi connectivity index (χ0) is 7.49. The van der Waals surface area contributed by atoms with E-state index in [4.69, 9.17) is 4.43 Å². The van der Waals surface area contributed by atoms with Gasteiger partial charge in [-0.3, -0.25) is 0 Å². The van der Waals surface area contributed by atoms with Crippen LogP contribution in [0.15, 0.2) is 0 Å². The fraction of sp³-hybridized carbons (Fsp3) is 1.00. The first-order valence-electron chi connectivity index (χ1n) is 3.57. The van der Waals surface area contributed by atoms with Gasteiger partial charge in [0.05, 0.1) is 0 Å². The van der Waals surface area contributed by atoms with Crippen LogP contribution in [0.5, 0.6) is 0 Å². The van der Waals surface area contributed by atoms with E-state index in [9.17, 15) is 0 Å². The molecule has 0 aromatic heterocycles. The third-order valence-electron chi connectivity index (χ3n) is 2.37. The predicted octanol–water partition coefficient (Wildman–Crippen LogP) is 1.11. The summed E-state index contributed by atoms with van der Waals surface area (Å²) in [5.74, 6) is 0. The van der Waals surface area contributed by atoms with E-state index >= 15 is 0 Å². The van der Waals surface area contributed by atoms with Gasteiger partial charge in [0.1, 0.15) is 10.5 Å². The van der Waals surface area contributed by atoms with E-state index in [-0.39, 0.29) is 0 Å². The average molecular weight is 146 g/mol. The maximum absolute atomic E-state index is 5.34. The molecule has 0 radical (unpaired) electrons. The van der Waals surface area contributed by atoms with Crippen molar-refractivity contribution in [1.82, 2.24) is 0 Å². The van der Waals surface area contributed by atoms with Crippen molar-refractivity contribution < 1.29 is 4.43 Å². The highest BCUT2D eigenvalue weighted by Crippen LogP contribution is 2.25. The Labute approximate surface area is 61.3 Å². The summed E-state index contributed by atoms with van der Waals surface area (Å²) in [4.78, 5) is 0. The summed E-state index contributed by atoms with van der Waals surface area (Å²) in [6, 6.07) is 0. The Morgan fingerprint density at radius 2 is 2.00 bits per heavy atom. The zero-order valence-corrected chi connectivity index (χ0v) is 9.19. The Morgan fingerprint density at radius 3 is 2.11 bits per heavy atom. The molecule has 0 rings (SSSR count). The van der Waals surface area contributed by atoms with Crippen LogP contribution in [0.3, 0.4) is 0 Å². The molecule has 0 bridgehead atoms. The normalized spacial score (nSPS) is 16.0. The Kier molecular flexibility index (Phi) is 3.44. The van der Waals surface area contributed by atoms with Crippen LogP contribution in [-0.2, 0) is 4.43 Å². The van der Waals surface area contributed by atoms with Crippen LogP contribution >= 0.6 is 0 Å². The summed E-state index contributed by atoms with van der Waals surface area (Å²) in [5.41, 5.74) is 0.363. The molecule has 0 aliphatic rings. The summed E-state index contributed by atoms with van der Waals surface area (Å²) in [5, 5.41) is 0. The van der Waals surface area contributed by atoms with Crippen LogP contribution < -0.4 is 0 Å². The monoisotopic (exact) mass is 146 g/mol. The van der Waals surface area contributed by atoms with Crippen LogP contribution in [-0.4, -0.2) is 16.6 Å². The minimum atomic E-state index is 0.363. The molecule has 0 saturated heterocycles. The SMILES string of the molecule is CCC(C)(C)C(C)O[SiH3]. The van der Waals surface area contributed by atoms with E-state index in [1.165, 1.54) is 6.42 Å². The van der Waals surface area contributed by atoms with Gasteiger partial charge < -0.3 is 4.43 Å². The van der Waals surface area contributed by atoms with Crippen molar-refractivity contribution in [3.05, 3.63) is 0 Å². The Bertz CT molecular complexity index is 81.0. The van der Waals surface area contributed by atoms with Crippen molar-refractivity contribution in [2.45, 2.75) is 40.2 Å². The predicted molar refractivity (Wildman–Crippen MR) is 44.6 cm³/mol. The fourth-order valence-corrected chi connectivity index (χ4v) is 1.24. The summed E-state index contributed by atoms with van der Waals surface area (Å²) in [6.07, 6.45) is 1.62. The van der Waals surface area contributed by atoms with Gasteiger partial charge in [0.15, 0.2) is 0 Å². The number of hydrogen-bond acceptors (Lipinski definition) is 1. The average Bonchev–Trinajstić information content (AvgIpc) is 1.86. The molecule has 0 aromatic rings. The van der Waals surface area contributed by atoms with E-state index in [1.807, 2.05) is 0 Å². The van der Waals surface area contributed by atoms with Crippen LogP contribution in [0.1, 0.15) is 34.1 Å². The molecule has 0 N–H and O–H groups in total. The molecule has 56 valence electrons. The molecule has 0 fully saturated rings. The van der Waals surface area contributed by atoms with Gasteiger partial charge in [-0.15, -0.1) is 0 Å². The van der Waals surface area contributed by atoms with Gasteiger partial charge in [-0.25, -0.2) is 0 Å². The quantitative estimate of drug-likeness (QED) is 0.542. The van der Waals surface area contributed by atoms with Crippen molar-refractivity contribution in [3.63, 3.8) is 0 Å². The number of rotatable bonds is 3. The lowest BCUT2D eigenvalue weighted by atomic mass is 9.85. The second kappa shape index (κ2) is 3.37. The molecule has 1 unspecified atom stereocenters. The molecule has 9 heavy (non-hydrogen) atoms. The molecule has 1 atom stereocenters. The first-order valence-corrected chi connectivity index (χ1v) is 4.39. The molecular weight excluding hydrogens is 128 g/mol. The second-order valence-electron chi connectivity index (χ2n) is 3.22. The van der Waals surface area contributed by atoms with Crippen molar-refractivity contribution in [2.24, 2.45) is 5.41 Å². The lowest BCUT2D eigenvalue weighted by Gasteiger charge is -2.29. The van der Waals surface area contributed by atoms with Gasteiger partial charge in [-0.2, -0.15) is 0 Å². The molecule has 0 saturated carbocycles. The largest absolute Gasteiger partial charge is 0.425 e. The van der Waals surface area contributed by atoms with E-state index in [0.717, 1.165) is 10.5 Å². The van der Waals surface area contributed by atoms with Crippen molar-refractivity contribution in [2.75, 3.05) is 0 Å². The van der Waals surface area contributed by atoms with Gasteiger partial charge in [0.2, 0.25) is 0 Å². The second-order valence-corrected chi connectivity index (χ2v) is 3.69. The summed E-state index contributed by atoms with van der Waals surface area (Å²) >= 11 is 0. The number of hydrogen-bond donors (Lipinski definition) is 0. The van der Waals surface area contributed by atoms with E-state index in [2.05, 4.69) is 27.7 Å². The topological polar surface area (TPSA) is 9.23 Å². The van der Waals surface area contributed by atoms with Gasteiger partial charge in [0, 0.05) is 6.10 Å². The van der Waals surface area contributed by atoms with Crippen LogP contribution in [0.4, 0.5) is 0 Å². The van der Waals surface area contributed by atoms with Crippen molar-refractivity contribution in [1.29, 1.82) is 0 Å². The summed E-state index contributed by atoms with van der Waals surface area (Å²) in [7, 11) is 0.858. The molecule has 0 spiro atoms. The van der Waals surface area contributed by atoms with Crippen LogP contribution in [0.2, 0.25) is 0 Å². The first kappa shape index (κ1) is 9.18.